The molecule has 0 spiro atoms. The second-order valence-corrected chi connectivity index (χ2v) is 5.97. The van der Waals surface area contributed by atoms with Crippen molar-refractivity contribution in [2.24, 2.45) is 5.73 Å². The van der Waals surface area contributed by atoms with E-state index in [1.807, 2.05) is 0 Å². The van der Waals surface area contributed by atoms with E-state index in [-0.39, 0.29) is 10.5 Å². The topological polar surface area (TPSA) is 89.3 Å². The van der Waals surface area contributed by atoms with Gasteiger partial charge in [0.2, 0.25) is 5.91 Å². The van der Waals surface area contributed by atoms with Gasteiger partial charge in [-0.25, -0.2) is 8.42 Å². The van der Waals surface area contributed by atoms with Crippen molar-refractivity contribution in [3.05, 3.63) is 59.7 Å². The number of hydrogen-bond donors (Lipinski definition) is 2. The van der Waals surface area contributed by atoms with Crippen LogP contribution in [0.1, 0.15) is 15.9 Å². The summed E-state index contributed by atoms with van der Waals surface area (Å²) in [5.74, 6) is -0.590. The van der Waals surface area contributed by atoms with Gasteiger partial charge in [0.25, 0.3) is 10.0 Å². The summed E-state index contributed by atoms with van der Waals surface area (Å²) < 4.78 is 27.0. The number of aryl methyl sites for hydroxylation is 1. The second-order valence-electron chi connectivity index (χ2n) is 4.32. The fourth-order valence-corrected chi connectivity index (χ4v) is 3.11. The van der Waals surface area contributed by atoms with Crippen LogP contribution < -0.4 is 10.5 Å². The van der Waals surface area contributed by atoms with Gasteiger partial charge >= 0.3 is 0 Å². The molecular formula is C14H14N2O3S. The largest absolute Gasteiger partial charge is 0.366 e. The van der Waals surface area contributed by atoms with Crippen molar-refractivity contribution in [1.29, 1.82) is 0 Å². The normalized spacial score (nSPS) is 11.1. The zero-order valence-corrected chi connectivity index (χ0v) is 11.6. The Labute approximate surface area is 117 Å². The predicted molar refractivity (Wildman–Crippen MR) is 76.9 cm³/mol. The molecule has 5 nitrogen and oxygen atoms in total. The van der Waals surface area contributed by atoms with Crippen molar-refractivity contribution < 1.29 is 13.2 Å². The number of para-hydroxylation sites is 1. The highest BCUT2D eigenvalue weighted by molar-refractivity contribution is 7.92. The van der Waals surface area contributed by atoms with Gasteiger partial charge in [-0.05, 0) is 42.8 Å². The molecule has 0 heterocycles. The lowest BCUT2D eigenvalue weighted by Crippen LogP contribution is -2.16. The lowest BCUT2D eigenvalue weighted by molar-refractivity contribution is 0.1000. The molecule has 0 aromatic heterocycles. The van der Waals surface area contributed by atoms with Gasteiger partial charge < -0.3 is 5.73 Å². The summed E-state index contributed by atoms with van der Waals surface area (Å²) in [6, 6.07) is 12.8. The molecule has 0 aliphatic heterocycles. The molecule has 2 aromatic rings. The number of sulfonamides is 1. The van der Waals surface area contributed by atoms with Crippen molar-refractivity contribution in [2.75, 3.05) is 4.72 Å². The third kappa shape index (κ3) is 2.97. The van der Waals surface area contributed by atoms with Gasteiger partial charge in [0.05, 0.1) is 4.90 Å². The van der Waals surface area contributed by atoms with E-state index >= 15 is 0 Å². The molecule has 6 heteroatoms. The van der Waals surface area contributed by atoms with Crippen LogP contribution in [-0.2, 0) is 10.0 Å². The number of carbonyl (C=O) groups is 1. The van der Waals surface area contributed by atoms with E-state index in [2.05, 4.69) is 4.72 Å². The Balaban J connectivity index is 2.37. The van der Waals surface area contributed by atoms with Crippen molar-refractivity contribution in [1.82, 2.24) is 0 Å². The number of benzene rings is 2. The number of nitrogens with two attached hydrogens (primary N) is 1. The Kier molecular flexibility index (Phi) is 3.76. The average Bonchev–Trinajstić information content (AvgIpc) is 2.38. The highest BCUT2D eigenvalue weighted by Gasteiger charge is 2.17. The van der Waals surface area contributed by atoms with Crippen LogP contribution in [0, 0.1) is 6.92 Å². The summed E-state index contributed by atoms with van der Waals surface area (Å²) in [6.07, 6.45) is 0. The smallest absolute Gasteiger partial charge is 0.262 e. The van der Waals surface area contributed by atoms with Crippen LogP contribution in [0.5, 0.6) is 0 Å². The number of primary amides is 1. The maximum atomic E-state index is 12.3. The standard InChI is InChI=1S/C14H14N2O3S/c1-10-9-11(14(15)17)7-8-13(10)20(18,19)16-12-5-3-2-4-6-12/h2-9,16H,1H3,(H2,15,17). The van der Waals surface area contributed by atoms with Crippen molar-refractivity contribution in [2.45, 2.75) is 11.8 Å². The number of rotatable bonds is 4. The van der Waals surface area contributed by atoms with E-state index in [9.17, 15) is 13.2 Å². The highest BCUT2D eigenvalue weighted by atomic mass is 32.2. The van der Waals surface area contributed by atoms with E-state index in [1.165, 1.54) is 18.2 Å². The fraction of sp³-hybridized carbons (Fsp3) is 0.0714. The summed E-state index contributed by atoms with van der Waals surface area (Å²) in [4.78, 5) is 11.2. The maximum Gasteiger partial charge on any atom is 0.262 e. The lowest BCUT2D eigenvalue weighted by Gasteiger charge is -2.11. The number of nitrogens with one attached hydrogen (secondary N) is 1. The minimum Gasteiger partial charge on any atom is -0.366 e. The second kappa shape index (κ2) is 5.34. The molecule has 0 unspecified atom stereocenters. The minimum atomic E-state index is -3.69. The molecule has 0 bridgehead atoms. The molecule has 0 saturated carbocycles. The van der Waals surface area contributed by atoms with Crippen LogP contribution in [0.3, 0.4) is 0 Å². The average molecular weight is 290 g/mol. The van der Waals surface area contributed by atoms with E-state index in [1.54, 1.807) is 37.3 Å². The number of amides is 1. The van der Waals surface area contributed by atoms with Crippen molar-refractivity contribution in [3.8, 4) is 0 Å². The quantitative estimate of drug-likeness (QED) is 0.901. The summed E-state index contributed by atoms with van der Waals surface area (Å²) in [5, 5.41) is 0. The zero-order valence-electron chi connectivity index (χ0n) is 10.8. The molecule has 0 saturated heterocycles. The molecule has 3 N–H and O–H groups in total. The minimum absolute atomic E-state index is 0.117. The van der Waals surface area contributed by atoms with Crippen LogP contribution in [0.25, 0.3) is 0 Å². The fourth-order valence-electron chi connectivity index (χ4n) is 1.82. The van der Waals surface area contributed by atoms with E-state index in [0.29, 0.717) is 11.3 Å². The molecule has 0 aliphatic carbocycles. The maximum absolute atomic E-state index is 12.3. The Morgan fingerprint density at radius 1 is 1.10 bits per heavy atom. The van der Waals surface area contributed by atoms with Crippen LogP contribution in [0.2, 0.25) is 0 Å². The first-order valence-electron chi connectivity index (χ1n) is 5.88. The van der Waals surface area contributed by atoms with Gasteiger partial charge in [-0.15, -0.1) is 0 Å². The Hall–Kier alpha value is -2.34. The van der Waals surface area contributed by atoms with Crippen LogP contribution >= 0.6 is 0 Å². The predicted octanol–water partition coefficient (Wildman–Crippen LogP) is 1.89. The highest BCUT2D eigenvalue weighted by Crippen LogP contribution is 2.20. The van der Waals surface area contributed by atoms with Gasteiger partial charge in [-0.3, -0.25) is 9.52 Å². The van der Waals surface area contributed by atoms with Crippen molar-refractivity contribution >= 4 is 21.6 Å². The first-order chi connectivity index (χ1) is 9.40. The monoisotopic (exact) mass is 290 g/mol. The Morgan fingerprint density at radius 3 is 2.30 bits per heavy atom. The third-order valence-electron chi connectivity index (χ3n) is 2.77. The molecule has 0 radical (unpaired) electrons. The molecule has 104 valence electrons. The van der Waals surface area contributed by atoms with Crippen LogP contribution in [-0.4, -0.2) is 14.3 Å². The summed E-state index contributed by atoms with van der Waals surface area (Å²) >= 11 is 0. The lowest BCUT2D eigenvalue weighted by atomic mass is 10.1. The first kappa shape index (κ1) is 14.1. The van der Waals surface area contributed by atoms with Gasteiger partial charge in [0, 0.05) is 11.3 Å². The van der Waals surface area contributed by atoms with Crippen molar-refractivity contribution in [3.63, 3.8) is 0 Å². The van der Waals surface area contributed by atoms with E-state index in [4.69, 9.17) is 5.73 Å². The molecule has 0 fully saturated rings. The molecular weight excluding hydrogens is 276 g/mol. The molecule has 2 rings (SSSR count). The summed E-state index contributed by atoms with van der Waals surface area (Å²) in [6.45, 7) is 1.62. The Morgan fingerprint density at radius 2 is 1.75 bits per heavy atom. The molecule has 1 amide bonds. The van der Waals surface area contributed by atoms with Gasteiger partial charge in [-0.1, -0.05) is 18.2 Å². The zero-order chi connectivity index (χ0) is 14.8. The molecule has 0 atom stereocenters. The van der Waals surface area contributed by atoms with Gasteiger partial charge in [0.15, 0.2) is 0 Å². The molecule has 2 aromatic carbocycles. The first-order valence-corrected chi connectivity index (χ1v) is 7.37. The number of anilines is 1. The molecule has 0 aliphatic rings. The molecule has 20 heavy (non-hydrogen) atoms. The van der Waals surface area contributed by atoms with Crippen LogP contribution in [0.4, 0.5) is 5.69 Å². The van der Waals surface area contributed by atoms with Crippen LogP contribution in [0.15, 0.2) is 53.4 Å². The number of hydrogen-bond acceptors (Lipinski definition) is 3. The van der Waals surface area contributed by atoms with Gasteiger partial charge in [0.1, 0.15) is 0 Å². The third-order valence-corrected chi connectivity index (χ3v) is 4.32. The van der Waals surface area contributed by atoms with E-state index in [0.717, 1.165) is 0 Å². The summed E-state index contributed by atoms with van der Waals surface area (Å²) in [7, 11) is -3.69. The number of carbonyl (C=O) groups excluding carboxylic acids is 1. The summed E-state index contributed by atoms with van der Waals surface area (Å²) in [5.41, 5.74) is 6.38. The SMILES string of the molecule is Cc1cc(C(N)=O)ccc1S(=O)(=O)Nc1ccccc1. The van der Waals surface area contributed by atoms with E-state index < -0.39 is 15.9 Å². The Bertz CT molecular complexity index is 740. The van der Waals surface area contributed by atoms with Gasteiger partial charge in [-0.2, -0.15) is 0 Å².